The molecule has 0 bridgehead atoms. The Morgan fingerprint density at radius 1 is 1.15 bits per heavy atom. The normalized spacial score (nSPS) is 11.7. The number of hydrogen-bond donors (Lipinski definition) is 0. The fourth-order valence-electron chi connectivity index (χ4n) is 1.22. The number of hydrogen-bond acceptors (Lipinski definition) is 2. The molecule has 0 saturated carbocycles. The fourth-order valence-corrected chi connectivity index (χ4v) is 1.22. The lowest BCUT2D eigenvalue weighted by atomic mass is 10.4. The van der Waals surface area contributed by atoms with Gasteiger partial charge in [0.15, 0.2) is 0 Å². The zero-order chi connectivity index (χ0) is 9.94. The molecule has 0 spiro atoms. The van der Waals surface area contributed by atoms with E-state index in [1.165, 1.54) is 12.8 Å². The largest absolute Gasteiger partial charge is 0.362 e. The van der Waals surface area contributed by atoms with E-state index < -0.39 is 0 Å². The zero-order valence-corrected chi connectivity index (χ0v) is 9.25. The van der Waals surface area contributed by atoms with Gasteiger partial charge in [-0.2, -0.15) is 0 Å². The molecule has 0 saturated heterocycles. The average Bonchev–Trinajstić information content (AvgIpc) is 2.13. The fraction of sp³-hybridized carbons (Fsp3) is 0.818. The number of ether oxygens (including phenoxy) is 1. The first-order valence-corrected chi connectivity index (χ1v) is 5.26. The first kappa shape index (κ1) is 12.7. The second-order valence-electron chi connectivity index (χ2n) is 3.19. The minimum Gasteiger partial charge on any atom is -0.362 e. The lowest BCUT2D eigenvalue weighted by Gasteiger charge is -2.20. The van der Waals surface area contributed by atoms with Crippen molar-refractivity contribution in [1.29, 1.82) is 0 Å². The Bertz CT molecular complexity index is 117. The molecule has 0 unspecified atom stereocenters. The third-order valence-electron chi connectivity index (χ3n) is 1.80. The molecule has 0 amide bonds. The molecule has 0 N–H and O–H groups in total. The molecule has 0 aliphatic heterocycles. The minimum atomic E-state index is 0.737. The molecular formula is C11H23NO. The highest BCUT2D eigenvalue weighted by atomic mass is 16.5. The first-order valence-electron chi connectivity index (χ1n) is 5.26. The van der Waals surface area contributed by atoms with Crippen molar-refractivity contribution >= 4 is 0 Å². The van der Waals surface area contributed by atoms with Gasteiger partial charge in [-0.3, -0.25) is 4.90 Å². The summed E-state index contributed by atoms with van der Waals surface area (Å²) in [4.78, 5) is 2.35. The van der Waals surface area contributed by atoms with Crippen LogP contribution in [0.25, 0.3) is 0 Å². The molecule has 13 heavy (non-hydrogen) atoms. The van der Waals surface area contributed by atoms with Crippen LogP contribution < -0.4 is 0 Å². The lowest BCUT2D eigenvalue weighted by molar-refractivity contribution is 0.0436. The second-order valence-corrected chi connectivity index (χ2v) is 3.19. The SMILES string of the molecule is C/C=C/COCN(CCC)CCC. The summed E-state index contributed by atoms with van der Waals surface area (Å²) in [7, 11) is 0. The third kappa shape index (κ3) is 8.00. The maximum absolute atomic E-state index is 5.48. The van der Waals surface area contributed by atoms with Crippen molar-refractivity contribution in [1.82, 2.24) is 4.90 Å². The van der Waals surface area contributed by atoms with Crippen LogP contribution in [0.1, 0.15) is 33.6 Å². The van der Waals surface area contributed by atoms with Gasteiger partial charge in [0.05, 0.1) is 13.3 Å². The molecular weight excluding hydrogens is 162 g/mol. The van der Waals surface area contributed by atoms with Gasteiger partial charge in [-0.25, -0.2) is 0 Å². The van der Waals surface area contributed by atoms with E-state index in [-0.39, 0.29) is 0 Å². The average molecular weight is 185 g/mol. The summed E-state index contributed by atoms with van der Waals surface area (Å²) in [6, 6.07) is 0. The van der Waals surface area contributed by atoms with Crippen LogP contribution in [0.3, 0.4) is 0 Å². The lowest BCUT2D eigenvalue weighted by Crippen LogP contribution is -2.28. The highest BCUT2D eigenvalue weighted by Gasteiger charge is 2.00. The van der Waals surface area contributed by atoms with Gasteiger partial charge in [-0.05, 0) is 19.8 Å². The van der Waals surface area contributed by atoms with Gasteiger partial charge in [0.25, 0.3) is 0 Å². The van der Waals surface area contributed by atoms with E-state index in [0.29, 0.717) is 0 Å². The minimum absolute atomic E-state index is 0.737. The van der Waals surface area contributed by atoms with E-state index in [0.717, 1.165) is 26.4 Å². The van der Waals surface area contributed by atoms with E-state index in [9.17, 15) is 0 Å². The van der Waals surface area contributed by atoms with Gasteiger partial charge in [-0.1, -0.05) is 26.0 Å². The van der Waals surface area contributed by atoms with Crippen molar-refractivity contribution in [2.75, 3.05) is 26.4 Å². The maximum Gasteiger partial charge on any atom is 0.0994 e. The zero-order valence-electron chi connectivity index (χ0n) is 9.25. The van der Waals surface area contributed by atoms with E-state index >= 15 is 0 Å². The van der Waals surface area contributed by atoms with Crippen molar-refractivity contribution in [2.45, 2.75) is 33.6 Å². The van der Waals surface area contributed by atoms with Crippen LogP contribution in [0.4, 0.5) is 0 Å². The van der Waals surface area contributed by atoms with Crippen molar-refractivity contribution in [3.8, 4) is 0 Å². The third-order valence-corrected chi connectivity index (χ3v) is 1.80. The van der Waals surface area contributed by atoms with E-state index in [1.54, 1.807) is 0 Å². The standard InChI is InChI=1S/C11H23NO/c1-4-7-10-13-11-12(8-5-2)9-6-3/h4,7H,5-6,8-11H2,1-3H3/b7-4+. The Labute approximate surface area is 82.6 Å². The monoisotopic (exact) mass is 185 g/mol. The summed E-state index contributed by atoms with van der Waals surface area (Å²) in [5, 5.41) is 0. The van der Waals surface area contributed by atoms with Gasteiger partial charge >= 0.3 is 0 Å². The van der Waals surface area contributed by atoms with Gasteiger partial charge in [-0.15, -0.1) is 0 Å². The van der Waals surface area contributed by atoms with E-state index in [1.807, 2.05) is 19.1 Å². The number of rotatable bonds is 8. The molecule has 0 aromatic carbocycles. The van der Waals surface area contributed by atoms with Gasteiger partial charge in [0, 0.05) is 13.1 Å². The topological polar surface area (TPSA) is 12.5 Å². The quantitative estimate of drug-likeness (QED) is 0.327. The van der Waals surface area contributed by atoms with Crippen LogP contribution in [-0.4, -0.2) is 31.3 Å². The molecule has 0 rings (SSSR count). The van der Waals surface area contributed by atoms with Crippen LogP contribution in [0.2, 0.25) is 0 Å². The Morgan fingerprint density at radius 2 is 1.77 bits per heavy atom. The first-order chi connectivity index (χ1) is 6.35. The molecule has 0 aliphatic carbocycles. The Balaban J connectivity index is 3.43. The van der Waals surface area contributed by atoms with Crippen LogP contribution in [0.5, 0.6) is 0 Å². The molecule has 78 valence electrons. The van der Waals surface area contributed by atoms with Crippen molar-refractivity contribution in [2.24, 2.45) is 0 Å². The van der Waals surface area contributed by atoms with Gasteiger partial charge < -0.3 is 4.74 Å². The molecule has 0 aromatic rings. The predicted octanol–water partition coefficient (Wildman–Crippen LogP) is 2.66. The van der Waals surface area contributed by atoms with Crippen molar-refractivity contribution < 1.29 is 4.74 Å². The molecule has 0 aromatic heterocycles. The van der Waals surface area contributed by atoms with Crippen molar-refractivity contribution in [3.63, 3.8) is 0 Å². The van der Waals surface area contributed by atoms with E-state index in [2.05, 4.69) is 18.7 Å². The Morgan fingerprint density at radius 3 is 2.23 bits per heavy atom. The van der Waals surface area contributed by atoms with Crippen LogP contribution in [0, 0.1) is 0 Å². The molecule has 2 heteroatoms. The van der Waals surface area contributed by atoms with Crippen LogP contribution in [-0.2, 0) is 4.74 Å². The number of allylic oxidation sites excluding steroid dienone is 1. The van der Waals surface area contributed by atoms with Crippen LogP contribution in [0.15, 0.2) is 12.2 Å². The Hall–Kier alpha value is -0.340. The molecule has 2 nitrogen and oxygen atoms in total. The van der Waals surface area contributed by atoms with Crippen LogP contribution >= 0.6 is 0 Å². The highest BCUT2D eigenvalue weighted by molar-refractivity contribution is 4.75. The summed E-state index contributed by atoms with van der Waals surface area (Å²) in [6.45, 7) is 10.2. The summed E-state index contributed by atoms with van der Waals surface area (Å²) in [6.07, 6.45) is 6.46. The summed E-state index contributed by atoms with van der Waals surface area (Å²) >= 11 is 0. The maximum atomic E-state index is 5.48. The molecule has 0 heterocycles. The highest BCUT2D eigenvalue weighted by Crippen LogP contribution is 1.94. The van der Waals surface area contributed by atoms with Gasteiger partial charge in [0.2, 0.25) is 0 Å². The van der Waals surface area contributed by atoms with Gasteiger partial charge in [0.1, 0.15) is 0 Å². The molecule has 0 atom stereocenters. The molecule has 0 aliphatic rings. The Kier molecular flexibility index (Phi) is 9.49. The number of nitrogens with zero attached hydrogens (tertiary/aromatic N) is 1. The molecule has 0 fully saturated rings. The summed E-state index contributed by atoms with van der Waals surface area (Å²) < 4.78 is 5.48. The smallest absolute Gasteiger partial charge is 0.0994 e. The second kappa shape index (κ2) is 9.75. The predicted molar refractivity (Wildman–Crippen MR) is 57.8 cm³/mol. The molecule has 0 radical (unpaired) electrons. The van der Waals surface area contributed by atoms with E-state index in [4.69, 9.17) is 4.74 Å². The summed E-state index contributed by atoms with van der Waals surface area (Å²) in [5.41, 5.74) is 0. The van der Waals surface area contributed by atoms with Crippen molar-refractivity contribution in [3.05, 3.63) is 12.2 Å². The summed E-state index contributed by atoms with van der Waals surface area (Å²) in [5.74, 6) is 0.